The molecule has 104 valence electrons. The molecule has 0 saturated carbocycles. The van der Waals surface area contributed by atoms with E-state index in [9.17, 15) is 4.39 Å². The van der Waals surface area contributed by atoms with Crippen molar-refractivity contribution >= 4 is 24.2 Å². The lowest BCUT2D eigenvalue weighted by Gasteiger charge is -2.08. The summed E-state index contributed by atoms with van der Waals surface area (Å²) in [5, 5.41) is 18.7. The van der Waals surface area contributed by atoms with Crippen LogP contribution in [0.3, 0.4) is 0 Å². The SMILES string of the molecule is OB(O)c1cc(COCc2cccc(Cl)c2)ccc1F. The first-order valence-corrected chi connectivity index (χ1v) is 6.40. The minimum atomic E-state index is -1.83. The van der Waals surface area contributed by atoms with Gasteiger partial charge in [-0.1, -0.05) is 35.9 Å². The molecule has 2 N–H and O–H groups in total. The molecule has 0 atom stereocenters. The van der Waals surface area contributed by atoms with Gasteiger partial charge in [-0.15, -0.1) is 0 Å². The van der Waals surface area contributed by atoms with Crippen molar-refractivity contribution in [1.29, 1.82) is 0 Å². The molecular formula is C14H13BClFO3. The fraction of sp³-hybridized carbons (Fsp3) is 0.143. The summed E-state index contributed by atoms with van der Waals surface area (Å²) in [7, 11) is -1.83. The summed E-state index contributed by atoms with van der Waals surface area (Å²) in [4.78, 5) is 0. The minimum absolute atomic E-state index is 0.158. The first kappa shape index (κ1) is 15.0. The largest absolute Gasteiger partial charge is 0.491 e. The third kappa shape index (κ3) is 4.05. The maximum atomic E-state index is 13.3. The van der Waals surface area contributed by atoms with E-state index in [0.29, 0.717) is 17.2 Å². The number of rotatable bonds is 5. The predicted molar refractivity (Wildman–Crippen MR) is 76.2 cm³/mol. The van der Waals surface area contributed by atoms with Crippen molar-refractivity contribution in [1.82, 2.24) is 0 Å². The fourth-order valence-electron chi connectivity index (χ4n) is 1.79. The molecule has 2 aromatic carbocycles. The van der Waals surface area contributed by atoms with Crippen molar-refractivity contribution in [3.8, 4) is 0 Å². The van der Waals surface area contributed by atoms with E-state index in [1.807, 2.05) is 12.1 Å². The highest BCUT2D eigenvalue weighted by Gasteiger charge is 2.16. The second-order valence-corrected chi connectivity index (χ2v) is 4.79. The normalized spacial score (nSPS) is 10.6. The number of benzene rings is 2. The smallest absolute Gasteiger partial charge is 0.423 e. The third-order valence-electron chi connectivity index (χ3n) is 2.77. The van der Waals surface area contributed by atoms with Crippen LogP contribution in [0.4, 0.5) is 4.39 Å². The summed E-state index contributed by atoms with van der Waals surface area (Å²) >= 11 is 5.86. The van der Waals surface area contributed by atoms with Gasteiger partial charge in [-0.05, 0) is 29.3 Å². The van der Waals surface area contributed by atoms with Gasteiger partial charge in [0.1, 0.15) is 5.82 Å². The van der Waals surface area contributed by atoms with E-state index in [1.54, 1.807) is 18.2 Å². The zero-order valence-electron chi connectivity index (χ0n) is 10.6. The van der Waals surface area contributed by atoms with Crippen LogP contribution in [0.25, 0.3) is 0 Å². The molecule has 0 unspecified atom stereocenters. The average Bonchev–Trinajstić information content (AvgIpc) is 2.40. The Labute approximate surface area is 121 Å². The first-order chi connectivity index (χ1) is 9.56. The van der Waals surface area contributed by atoms with E-state index in [-0.39, 0.29) is 12.1 Å². The Morgan fingerprint density at radius 3 is 2.40 bits per heavy atom. The molecule has 6 heteroatoms. The molecule has 0 amide bonds. The Hall–Kier alpha value is -1.40. The van der Waals surface area contributed by atoms with Crippen molar-refractivity contribution in [2.75, 3.05) is 0 Å². The summed E-state index contributed by atoms with van der Waals surface area (Å²) < 4.78 is 18.8. The van der Waals surface area contributed by atoms with Gasteiger partial charge >= 0.3 is 7.12 Å². The molecule has 0 saturated heterocycles. The van der Waals surface area contributed by atoms with Gasteiger partial charge in [0.25, 0.3) is 0 Å². The highest BCUT2D eigenvalue weighted by molar-refractivity contribution is 6.58. The van der Waals surface area contributed by atoms with Gasteiger partial charge in [0.05, 0.1) is 13.2 Å². The maximum Gasteiger partial charge on any atom is 0.491 e. The maximum absolute atomic E-state index is 13.3. The van der Waals surface area contributed by atoms with Gasteiger partial charge in [-0.3, -0.25) is 0 Å². The zero-order chi connectivity index (χ0) is 14.5. The Morgan fingerprint density at radius 1 is 1.05 bits per heavy atom. The number of ether oxygens (including phenoxy) is 1. The van der Waals surface area contributed by atoms with Crippen LogP contribution >= 0.6 is 11.6 Å². The van der Waals surface area contributed by atoms with E-state index in [4.69, 9.17) is 26.4 Å². The average molecular weight is 295 g/mol. The topological polar surface area (TPSA) is 49.7 Å². The van der Waals surface area contributed by atoms with Gasteiger partial charge < -0.3 is 14.8 Å². The minimum Gasteiger partial charge on any atom is -0.423 e. The lowest BCUT2D eigenvalue weighted by molar-refractivity contribution is 0.107. The molecule has 0 fully saturated rings. The molecule has 0 aliphatic rings. The molecule has 0 aliphatic carbocycles. The summed E-state index contributed by atoms with van der Waals surface area (Å²) in [6, 6.07) is 11.4. The van der Waals surface area contributed by atoms with Gasteiger partial charge in [0.2, 0.25) is 0 Å². The zero-order valence-corrected chi connectivity index (χ0v) is 11.3. The van der Waals surface area contributed by atoms with Crippen molar-refractivity contribution in [2.24, 2.45) is 0 Å². The molecule has 3 nitrogen and oxygen atoms in total. The summed E-state index contributed by atoms with van der Waals surface area (Å²) in [6.07, 6.45) is 0. The monoisotopic (exact) mass is 294 g/mol. The summed E-state index contributed by atoms with van der Waals surface area (Å²) in [5.74, 6) is -0.654. The van der Waals surface area contributed by atoms with Gasteiger partial charge in [-0.25, -0.2) is 4.39 Å². The number of hydrogen-bond donors (Lipinski definition) is 2. The third-order valence-corrected chi connectivity index (χ3v) is 3.00. The van der Waals surface area contributed by atoms with E-state index in [0.717, 1.165) is 5.56 Å². The first-order valence-electron chi connectivity index (χ1n) is 6.03. The van der Waals surface area contributed by atoms with Gasteiger partial charge in [0.15, 0.2) is 0 Å². The van der Waals surface area contributed by atoms with Crippen molar-refractivity contribution in [2.45, 2.75) is 13.2 Å². The van der Waals surface area contributed by atoms with Crippen LogP contribution in [0.5, 0.6) is 0 Å². The molecule has 0 bridgehead atoms. The fourth-order valence-corrected chi connectivity index (χ4v) is 2.01. The highest BCUT2D eigenvalue weighted by atomic mass is 35.5. The van der Waals surface area contributed by atoms with Crippen molar-refractivity contribution in [3.63, 3.8) is 0 Å². The Bertz CT molecular complexity index is 592. The van der Waals surface area contributed by atoms with Crippen LogP contribution in [-0.4, -0.2) is 17.2 Å². The van der Waals surface area contributed by atoms with E-state index < -0.39 is 12.9 Å². The van der Waals surface area contributed by atoms with E-state index in [2.05, 4.69) is 0 Å². The quantitative estimate of drug-likeness (QED) is 0.828. The molecule has 0 heterocycles. The number of hydrogen-bond acceptors (Lipinski definition) is 3. The van der Waals surface area contributed by atoms with E-state index >= 15 is 0 Å². The van der Waals surface area contributed by atoms with Crippen LogP contribution < -0.4 is 5.46 Å². The Balaban J connectivity index is 1.96. The van der Waals surface area contributed by atoms with Crippen LogP contribution in [-0.2, 0) is 18.0 Å². The number of halogens is 2. The van der Waals surface area contributed by atoms with Gasteiger partial charge in [-0.2, -0.15) is 0 Å². The molecule has 20 heavy (non-hydrogen) atoms. The lowest BCUT2D eigenvalue weighted by atomic mass is 9.79. The Kier molecular flexibility index (Phi) is 5.14. The van der Waals surface area contributed by atoms with Crippen LogP contribution in [0, 0.1) is 5.82 Å². The van der Waals surface area contributed by atoms with E-state index in [1.165, 1.54) is 12.1 Å². The molecule has 2 rings (SSSR count). The van der Waals surface area contributed by atoms with Crippen LogP contribution in [0.2, 0.25) is 5.02 Å². The van der Waals surface area contributed by atoms with Crippen molar-refractivity contribution in [3.05, 3.63) is 64.4 Å². The molecule has 0 spiro atoms. The lowest BCUT2D eigenvalue weighted by Crippen LogP contribution is -2.33. The van der Waals surface area contributed by atoms with Crippen LogP contribution in [0.15, 0.2) is 42.5 Å². The molecule has 0 radical (unpaired) electrons. The second kappa shape index (κ2) is 6.86. The molecule has 0 aromatic heterocycles. The summed E-state index contributed by atoms with van der Waals surface area (Å²) in [6.45, 7) is 0.613. The molecule has 0 aliphatic heterocycles. The molecule has 2 aromatic rings. The van der Waals surface area contributed by atoms with Crippen molar-refractivity contribution < 1.29 is 19.2 Å². The second-order valence-electron chi connectivity index (χ2n) is 4.35. The highest BCUT2D eigenvalue weighted by Crippen LogP contribution is 2.12. The summed E-state index contributed by atoms with van der Waals surface area (Å²) in [5.41, 5.74) is 1.44. The molecular weight excluding hydrogens is 281 g/mol. The van der Waals surface area contributed by atoms with Crippen LogP contribution in [0.1, 0.15) is 11.1 Å². The standard InChI is InChI=1S/C14H13BClFO3/c16-12-3-1-2-10(6-12)8-20-9-11-4-5-14(17)13(7-11)15(18)19/h1-7,18-19H,8-9H2. The Morgan fingerprint density at radius 2 is 1.75 bits per heavy atom. The predicted octanol–water partition coefficient (Wildman–Crippen LogP) is 1.88. The van der Waals surface area contributed by atoms with Gasteiger partial charge in [0, 0.05) is 10.5 Å².